The van der Waals surface area contributed by atoms with E-state index in [2.05, 4.69) is 37.3 Å². The molecule has 1 atom stereocenters. The molecule has 0 saturated carbocycles. The number of ether oxygens (including phenoxy) is 2. The minimum Gasteiger partial charge on any atom is -0.493 e. The van der Waals surface area contributed by atoms with Crippen LogP contribution in [0.15, 0.2) is 84.9 Å². The molecule has 6 heteroatoms. The molecule has 1 aliphatic heterocycles. The Kier molecular flexibility index (Phi) is 6.92. The van der Waals surface area contributed by atoms with Gasteiger partial charge >= 0.3 is 5.97 Å². The highest BCUT2D eigenvalue weighted by Crippen LogP contribution is 2.39. The summed E-state index contributed by atoms with van der Waals surface area (Å²) in [6.07, 6.45) is 0.616. The zero-order valence-corrected chi connectivity index (χ0v) is 20.8. The van der Waals surface area contributed by atoms with Crippen LogP contribution in [0.2, 0.25) is 0 Å². The molecule has 1 N–H and O–H groups in total. The smallest absolute Gasteiger partial charge is 0.311 e. The molecule has 1 heterocycles. The quantitative estimate of drug-likeness (QED) is 0.282. The third-order valence-electron chi connectivity index (χ3n) is 6.65. The molecule has 4 aromatic rings. The van der Waals surface area contributed by atoms with Gasteiger partial charge in [0.15, 0.2) is 5.78 Å². The zero-order valence-electron chi connectivity index (χ0n) is 20.8. The normalized spacial score (nSPS) is 14.1. The Labute approximate surface area is 220 Å². The van der Waals surface area contributed by atoms with Crippen molar-refractivity contribution < 1.29 is 24.2 Å². The highest BCUT2D eigenvalue weighted by Gasteiger charge is 2.29. The molecular weight excluding hydrogens is 478 g/mol. The average Bonchev–Trinajstić information content (AvgIpc) is 2.93. The molecule has 4 aromatic carbocycles. The average molecular weight is 504 g/mol. The van der Waals surface area contributed by atoms with Gasteiger partial charge in [0.2, 0.25) is 0 Å². The summed E-state index contributed by atoms with van der Waals surface area (Å²) in [5, 5.41) is 19.1. The van der Waals surface area contributed by atoms with Crippen LogP contribution in [0.3, 0.4) is 0 Å². The lowest BCUT2D eigenvalue weighted by atomic mass is 9.91. The minimum atomic E-state index is -0.950. The first-order valence-corrected chi connectivity index (χ1v) is 12.3. The van der Waals surface area contributed by atoms with Crippen molar-refractivity contribution in [3.8, 4) is 34.4 Å². The molecule has 0 aliphatic carbocycles. The number of Topliss-reactive ketones (excluding diaryl/α,β-unsaturated/α-hetero) is 1. The van der Waals surface area contributed by atoms with Gasteiger partial charge in [0.25, 0.3) is 0 Å². The SMILES string of the molecule is Cc1ccc(-c2cccc(CC(=O)c3ccc(Oc4cc5c(cc4C#N)C(C(=O)O)CCO5)cc3)c2)cc1. The van der Waals surface area contributed by atoms with E-state index in [9.17, 15) is 20.0 Å². The number of carbonyl (C=O) groups is 2. The number of carboxylic acids is 1. The van der Waals surface area contributed by atoms with Crippen LogP contribution in [0.1, 0.15) is 45.0 Å². The summed E-state index contributed by atoms with van der Waals surface area (Å²) in [6, 6.07) is 28.2. The number of nitriles is 1. The molecule has 0 spiro atoms. The molecule has 5 rings (SSSR count). The fourth-order valence-corrected chi connectivity index (χ4v) is 4.58. The number of aryl methyl sites for hydroxylation is 1. The van der Waals surface area contributed by atoms with Gasteiger partial charge in [0.1, 0.15) is 23.3 Å². The standard InChI is InChI=1S/C32H25NO5/c1-20-5-7-22(8-6-20)24-4-2-3-21(15-24)16-29(34)23-9-11-26(12-10-23)38-30-18-31-28(17-25(30)19-33)27(32(35)36)13-14-37-31/h2-12,15,17-18,27H,13-14,16H2,1H3,(H,35,36). The summed E-state index contributed by atoms with van der Waals surface area (Å²) in [7, 11) is 0. The number of carbonyl (C=O) groups excluding carboxylic acids is 1. The van der Waals surface area contributed by atoms with E-state index in [0.29, 0.717) is 29.0 Å². The van der Waals surface area contributed by atoms with Gasteiger partial charge in [-0.1, -0.05) is 54.1 Å². The van der Waals surface area contributed by atoms with E-state index in [1.807, 2.05) is 24.3 Å². The lowest BCUT2D eigenvalue weighted by Crippen LogP contribution is -2.21. The molecule has 0 saturated heterocycles. The number of benzene rings is 4. The number of hydrogen-bond acceptors (Lipinski definition) is 5. The van der Waals surface area contributed by atoms with E-state index >= 15 is 0 Å². The summed E-state index contributed by atoms with van der Waals surface area (Å²) >= 11 is 0. The van der Waals surface area contributed by atoms with Crippen molar-refractivity contribution >= 4 is 11.8 Å². The van der Waals surface area contributed by atoms with E-state index in [-0.39, 0.29) is 30.1 Å². The number of rotatable bonds is 7. The topological polar surface area (TPSA) is 96.6 Å². The maximum Gasteiger partial charge on any atom is 0.311 e. The number of carboxylic acid groups (broad SMARTS) is 1. The van der Waals surface area contributed by atoms with Crippen molar-refractivity contribution in [1.82, 2.24) is 0 Å². The number of fused-ring (bicyclic) bond motifs is 1. The summed E-state index contributed by atoms with van der Waals surface area (Å²) in [6.45, 7) is 2.33. The Morgan fingerprint density at radius 2 is 1.76 bits per heavy atom. The van der Waals surface area contributed by atoms with Crippen molar-refractivity contribution in [2.45, 2.75) is 25.7 Å². The zero-order chi connectivity index (χ0) is 26.6. The summed E-state index contributed by atoms with van der Waals surface area (Å²) in [4.78, 5) is 24.6. The lowest BCUT2D eigenvalue weighted by molar-refractivity contribution is -0.139. The van der Waals surface area contributed by atoms with Crippen molar-refractivity contribution in [3.05, 3.63) is 113 Å². The molecule has 38 heavy (non-hydrogen) atoms. The van der Waals surface area contributed by atoms with Crippen LogP contribution in [0.5, 0.6) is 17.2 Å². The van der Waals surface area contributed by atoms with Gasteiger partial charge < -0.3 is 14.6 Å². The van der Waals surface area contributed by atoms with Gasteiger partial charge in [0, 0.05) is 23.6 Å². The molecule has 1 unspecified atom stereocenters. The summed E-state index contributed by atoms with van der Waals surface area (Å²) in [5.74, 6) is -0.569. The number of aliphatic carboxylic acids is 1. The Bertz CT molecular complexity index is 1550. The van der Waals surface area contributed by atoms with Crippen LogP contribution in [-0.4, -0.2) is 23.5 Å². The molecule has 0 bridgehead atoms. The van der Waals surface area contributed by atoms with E-state index in [4.69, 9.17) is 9.47 Å². The molecule has 6 nitrogen and oxygen atoms in total. The largest absolute Gasteiger partial charge is 0.493 e. The fraction of sp³-hybridized carbons (Fsp3) is 0.156. The minimum absolute atomic E-state index is 0.0165. The van der Waals surface area contributed by atoms with E-state index < -0.39 is 11.9 Å². The number of ketones is 1. The molecule has 0 aromatic heterocycles. The third-order valence-corrected chi connectivity index (χ3v) is 6.65. The molecular formula is C32H25NO5. The van der Waals surface area contributed by atoms with E-state index in [1.54, 1.807) is 30.3 Å². The van der Waals surface area contributed by atoms with Crippen molar-refractivity contribution in [2.75, 3.05) is 6.61 Å². The molecule has 1 aliphatic rings. The highest BCUT2D eigenvalue weighted by atomic mass is 16.5. The predicted molar refractivity (Wildman–Crippen MR) is 143 cm³/mol. The van der Waals surface area contributed by atoms with Gasteiger partial charge in [-0.25, -0.2) is 0 Å². The number of hydrogen-bond donors (Lipinski definition) is 1. The van der Waals surface area contributed by atoms with Gasteiger partial charge in [0.05, 0.1) is 18.1 Å². The Morgan fingerprint density at radius 1 is 1.00 bits per heavy atom. The van der Waals surface area contributed by atoms with Gasteiger partial charge in [-0.15, -0.1) is 0 Å². The van der Waals surface area contributed by atoms with Gasteiger partial charge in [-0.2, -0.15) is 5.26 Å². The maximum absolute atomic E-state index is 13.0. The second kappa shape index (κ2) is 10.6. The first-order chi connectivity index (χ1) is 18.4. The summed E-state index contributed by atoms with van der Waals surface area (Å²) in [5.41, 5.74) is 5.54. The number of nitrogens with zero attached hydrogens (tertiary/aromatic N) is 1. The second-order valence-electron chi connectivity index (χ2n) is 9.32. The van der Waals surface area contributed by atoms with Gasteiger partial charge in [-0.3, -0.25) is 9.59 Å². The molecule has 0 radical (unpaired) electrons. The first kappa shape index (κ1) is 24.8. The van der Waals surface area contributed by atoms with Crippen LogP contribution in [-0.2, 0) is 11.2 Å². The molecule has 0 fully saturated rings. The van der Waals surface area contributed by atoms with Crippen LogP contribution >= 0.6 is 0 Å². The maximum atomic E-state index is 13.0. The summed E-state index contributed by atoms with van der Waals surface area (Å²) < 4.78 is 11.6. The van der Waals surface area contributed by atoms with Crippen LogP contribution in [0.25, 0.3) is 11.1 Å². The van der Waals surface area contributed by atoms with Gasteiger partial charge in [-0.05, 0) is 60.4 Å². The van der Waals surface area contributed by atoms with Crippen molar-refractivity contribution in [1.29, 1.82) is 5.26 Å². The van der Waals surface area contributed by atoms with Crippen molar-refractivity contribution in [2.24, 2.45) is 0 Å². The Balaban J connectivity index is 1.30. The monoisotopic (exact) mass is 503 g/mol. The van der Waals surface area contributed by atoms with Crippen LogP contribution in [0.4, 0.5) is 0 Å². The molecule has 0 amide bonds. The van der Waals surface area contributed by atoms with E-state index in [0.717, 1.165) is 16.7 Å². The first-order valence-electron chi connectivity index (χ1n) is 12.3. The Hall–Kier alpha value is -4.89. The predicted octanol–water partition coefficient (Wildman–Crippen LogP) is 6.70. The Morgan fingerprint density at radius 3 is 2.47 bits per heavy atom. The third kappa shape index (κ3) is 5.28. The van der Waals surface area contributed by atoms with E-state index in [1.165, 1.54) is 11.6 Å². The van der Waals surface area contributed by atoms with Crippen molar-refractivity contribution in [3.63, 3.8) is 0 Å². The highest BCUT2D eigenvalue weighted by molar-refractivity contribution is 5.97. The molecule has 188 valence electrons. The van der Waals surface area contributed by atoms with Crippen LogP contribution in [0, 0.1) is 18.3 Å². The van der Waals surface area contributed by atoms with Crippen LogP contribution < -0.4 is 9.47 Å². The lowest BCUT2D eigenvalue weighted by Gasteiger charge is -2.24. The second-order valence-corrected chi connectivity index (χ2v) is 9.32. The fourth-order valence-electron chi connectivity index (χ4n) is 4.58.